The zero-order valence-corrected chi connectivity index (χ0v) is 17.2. The van der Waals surface area contributed by atoms with E-state index in [9.17, 15) is 4.79 Å². The highest BCUT2D eigenvalue weighted by atomic mass is 32.2. The Balaban J connectivity index is 1.43. The number of anilines is 1. The Morgan fingerprint density at radius 3 is 2.93 bits per heavy atom. The van der Waals surface area contributed by atoms with Crippen molar-refractivity contribution < 1.29 is 4.79 Å². The van der Waals surface area contributed by atoms with E-state index < -0.39 is 0 Å². The molecular weight excluding hydrogens is 378 g/mol. The minimum atomic E-state index is -0.0334. The van der Waals surface area contributed by atoms with Gasteiger partial charge in [0, 0.05) is 16.3 Å². The van der Waals surface area contributed by atoms with Gasteiger partial charge in [0.2, 0.25) is 5.91 Å². The first-order valence-corrected chi connectivity index (χ1v) is 11.1. The smallest absolute Gasteiger partial charge is 0.235 e. The monoisotopic (exact) mass is 401 g/mol. The number of aromatic nitrogens is 4. The lowest BCUT2D eigenvalue weighted by Crippen LogP contribution is -2.21. The molecule has 3 aromatic rings. The lowest BCUT2D eigenvalue weighted by molar-refractivity contribution is -0.113. The number of amides is 1. The summed E-state index contributed by atoms with van der Waals surface area (Å²) < 4.78 is 1.98. The van der Waals surface area contributed by atoms with Crippen molar-refractivity contribution in [2.24, 2.45) is 0 Å². The molecule has 6 nitrogen and oxygen atoms in total. The highest BCUT2D eigenvalue weighted by Crippen LogP contribution is 2.34. The first-order chi connectivity index (χ1) is 13.1. The van der Waals surface area contributed by atoms with Crippen molar-refractivity contribution in [2.45, 2.75) is 57.0 Å². The molecule has 1 N–H and O–H groups in total. The van der Waals surface area contributed by atoms with Crippen molar-refractivity contribution in [2.75, 3.05) is 11.1 Å². The minimum absolute atomic E-state index is 0.0334. The quantitative estimate of drug-likeness (QED) is 0.494. The summed E-state index contributed by atoms with van der Waals surface area (Å²) in [7, 11) is 0. The predicted molar refractivity (Wildman–Crippen MR) is 111 cm³/mol. The number of thioether (sulfide) groups is 1. The molecule has 1 aliphatic carbocycles. The number of nitrogens with zero attached hydrogens (tertiary/aromatic N) is 4. The van der Waals surface area contributed by atoms with E-state index in [1.807, 2.05) is 10.7 Å². The molecule has 0 bridgehead atoms. The summed E-state index contributed by atoms with van der Waals surface area (Å²) in [6.45, 7) is 4.18. The largest absolute Gasteiger partial charge is 0.310 e. The summed E-state index contributed by atoms with van der Waals surface area (Å²) in [4.78, 5) is 23.5. The van der Waals surface area contributed by atoms with Gasteiger partial charge in [-0.25, -0.2) is 14.6 Å². The molecule has 0 saturated heterocycles. The molecule has 0 aliphatic heterocycles. The third kappa shape index (κ3) is 3.87. The SMILES string of the molecule is Cc1sc2ncnc(SCC(=O)Nc3ccnn3C3CCCCC3)c2c1C. The minimum Gasteiger partial charge on any atom is -0.310 e. The van der Waals surface area contributed by atoms with E-state index in [0.29, 0.717) is 11.8 Å². The zero-order chi connectivity index (χ0) is 18.8. The molecule has 3 aromatic heterocycles. The van der Waals surface area contributed by atoms with Gasteiger partial charge < -0.3 is 5.32 Å². The van der Waals surface area contributed by atoms with Crippen LogP contribution in [0.1, 0.15) is 48.6 Å². The van der Waals surface area contributed by atoms with Crippen molar-refractivity contribution in [1.29, 1.82) is 0 Å². The van der Waals surface area contributed by atoms with Crippen LogP contribution in [0, 0.1) is 13.8 Å². The summed E-state index contributed by atoms with van der Waals surface area (Å²) in [5.74, 6) is 1.08. The van der Waals surface area contributed by atoms with E-state index >= 15 is 0 Å². The van der Waals surface area contributed by atoms with Gasteiger partial charge in [0.25, 0.3) is 0 Å². The van der Waals surface area contributed by atoms with Crippen LogP contribution >= 0.6 is 23.1 Å². The van der Waals surface area contributed by atoms with E-state index in [0.717, 1.165) is 33.9 Å². The maximum absolute atomic E-state index is 12.5. The Bertz CT molecular complexity index is 958. The van der Waals surface area contributed by atoms with Gasteiger partial charge in [0.1, 0.15) is 22.0 Å². The van der Waals surface area contributed by atoms with Crippen molar-refractivity contribution in [3.8, 4) is 0 Å². The fraction of sp³-hybridized carbons (Fsp3) is 0.474. The second-order valence-corrected chi connectivity index (χ2v) is 9.10. The predicted octanol–water partition coefficient (Wildman–Crippen LogP) is 4.74. The maximum atomic E-state index is 12.5. The number of hydrogen-bond donors (Lipinski definition) is 1. The summed E-state index contributed by atoms with van der Waals surface area (Å²) in [6.07, 6.45) is 9.38. The van der Waals surface area contributed by atoms with E-state index in [1.165, 1.54) is 41.5 Å². The van der Waals surface area contributed by atoms with Gasteiger partial charge in [0.15, 0.2) is 0 Å². The molecule has 1 aliphatic rings. The van der Waals surface area contributed by atoms with Gasteiger partial charge in [0.05, 0.1) is 18.0 Å². The second kappa shape index (κ2) is 7.98. The van der Waals surface area contributed by atoms with Gasteiger partial charge in [-0.1, -0.05) is 31.0 Å². The molecule has 27 heavy (non-hydrogen) atoms. The van der Waals surface area contributed by atoms with E-state index in [2.05, 4.69) is 34.2 Å². The number of fused-ring (bicyclic) bond motifs is 1. The van der Waals surface area contributed by atoms with Crippen LogP contribution in [0.5, 0.6) is 0 Å². The van der Waals surface area contributed by atoms with Crippen molar-refractivity contribution in [1.82, 2.24) is 19.7 Å². The van der Waals surface area contributed by atoms with Crippen LogP contribution in [0.4, 0.5) is 5.82 Å². The average Bonchev–Trinajstić information content (AvgIpc) is 3.25. The van der Waals surface area contributed by atoms with Crippen LogP contribution in [0.25, 0.3) is 10.2 Å². The molecule has 3 heterocycles. The van der Waals surface area contributed by atoms with Crippen LogP contribution in [0.2, 0.25) is 0 Å². The van der Waals surface area contributed by atoms with Crippen LogP contribution in [-0.2, 0) is 4.79 Å². The van der Waals surface area contributed by atoms with Crippen molar-refractivity contribution >= 4 is 45.0 Å². The zero-order valence-electron chi connectivity index (χ0n) is 15.6. The van der Waals surface area contributed by atoms with Gasteiger partial charge in [-0.05, 0) is 32.3 Å². The molecule has 0 unspecified atom stereocenters. The second-order valence-electron chi connectivity index (χ2n) is 6.93. The fourth-order valence-electron chi connectivity index (χ4n) is 3.60. The molecular formula is C19H23N5OS2. The first-order valence-electron chi connectivity index (χ1n) is 9.30. The Hall–Kier alpha value is -1.93. The standard InChI is InChI=1S/C19H23N5OS2/c1-12-13(2)27-19-17(12)18(20-11-21-19)26-10-16(25)23-15-8-9-22-24(15)14-6-4-3-5-7-14/h8-9,11,14H,3-7,10H2,1-2H3,(H,23,25). The Labute approximate surface area is 166 Å². The van der Waals surface area contributed by atoms with E-state index in [-0.39, 0.29) is 5.91 Å². The Morgan fingerprint density at radius 1 is 1.30 bits per heavy atom. The summed E-state index contributed by atoms with van der Waals surface area (Å²) in [5.41, 5.74) is 1.20. The highest BCUT2D eigenvalue weighted by Gasteiger charge is 2.19. The van der Waals surface area contributed by atoms with Gasteiger partial charge >= 0.3 is 0 Å². The molecule has 1 fully saturated rings. The van der Waals surface area contributed by atoms with Crippen LogP contribution < -0.4 is 5.32 Å². The van der Waals surface area contributed by atoms with Gasteiger partial charge in [-0.3, -0.25) is 4.79 Å². The van der Waals surface area contributed by atoms with Crippen molar-refractivity contribution in [3.05, 3.63) is 29.0 Å². The van der Waals surface area contributed by atoms with Gasteiger partial charge in [-0.2, -0.15) is 5.10 Å². The normalized spacial score (nSPS) is 15.3. The molecule has 0 spiro atoms. The summed E-state index contributed by atoms with van der Waals surface area (Å²) in [5, 5.41) is 9.42. The number of carbonyl (C=O) groups excluding carboxylic acids is 1. The summed E-state index contributed by atoms with van der Waals surface area (Å²) in [6, 6.07) is 2.28. The number of aryl methyl sites for hydroxylation is 2. The maximum Gasteiger partial charge on any atom is 0.235 e. The molecule has 0 aromatic carbocycles. The Morgan fingerprint density at radius 2 is 2.11 bits per heavy atom. The summed E-state index contributed by atoms with van der Waals surface area (Å²) >= 11 is 3.13. The third-order valence-corrected chi connectivity index (χ3v) is 7.23. The number of thiophene rings is 1. The molecule has 0 radical (unpaired) electrons. The topological polar surface area (TPSA) is 72.7 Å². The number of rotatable bonds is 5. The lowest BCUT2D eigenvalue weighted by atomic mass is 9.96. The molecule has 142 valence electrons. The Kier molecular flexibility index (Phi) is 5.45. The molecule has 1 saturated carbocycles. The molecule has 1 amide bonds. The third-order valence-electron chi connectivity index (χ3n) is 5.13. The number of nitrogens with one attached hydrogen (secondary N) is 1. The van der Waals surface area contributed by atoms with E-state index in [4.69, 9.17) is 0 Å². The molecule has 4 rings (SSSR count). The van der Waals surface area contributed by atoms with Crippen molar-refractivity contribution in [3.63, 3.8) is 0 Å². The first kappa shape index (κ1) is 18.4. The van der Waals surface area contributed by atoms with E-state index in [1.54, 1.807) is 23.9 Å². The lowest BCUT2D eigenvalue weighted by Gasteiger charge is -2.23. The number of carbonyl (C=O) groups is 1. The average molecular weight is 402 g/mol. The number of hydrogen-bond acceptors (Lipinski definition) is 6. The van der Waals surface area contributed by atoms with Crippen LogP contribution in [0.3, 0.4) is 0 Å². The van der Waals surface area contributed by atoms with Gasteiger partial charge in [-0.15, -0.1) is 11.3 Å². The fourth-order valence-corrected chi connectivity index (χ4v) is 5.52. The van der Waals surface area contributed by atoms with Crippen LogP contribution in [0.15, 0.2) is 23.6 Å². The highest BCUT2D eigenvalue weighted by molar-refractivity contribution is 8.00. The molecule has 8 heteroatoms. The van der Waals surface area contributed by atoms with Crippen LogP contribution in [-0.4, -0.2) is 31.4 Å². The molecule has 0 atom stereocenters.